The summed E-state index contributed by atoms with van der Waals surface area (Å²) in [5.41, 5.74) is 5.20. The molecule has 7 nitrogen and oxygen atoms in total. The minimum Gasteiger partial charge on any atom is -0.481 e. The summed E-state index contributed by atoms with van der Waals surface area (Å²) < 4.78 is 1.83. The smallest absolute Gasteiger partial charge is 0.307 e. The van der Waals surface area contributed by atoms with Crippen molar-refractivity contribution in [3.8, 4) is 0 Å². The molecule has 3 heterocycles. The number of fused-ring (bicyclic) bond motifs is 3. The van der Waals surface area contributed by atoms with Crippen LogP contribution >= 0.6 is 0 Å². The lowest BCUT2D eigenvalue weighted by molar-refractivity contribution is -0.136. The zero-order valence-corrected chi connectivity index (χ0v) is 17.3. The molecule has 1 aliphatic carbocycles. The summed E-state index contributed by atoms with van der Waals surface area (Å²) in [5.74, 6) is -0.786. The standard InChI is InChI=1S/C15H20N4O.C8H8O2/c1-19-14-12(13(18-19)11-7-4-8-16-11)9-5-2-3-6-10(9)15(20)17-14;9-8(10)6-7-4-2-1-3-5-7/h11,16H,2-8H2,1H3,(H,17,20);1-5H,6H2,(H,9,10)/t11-;/m1./s1. The van der Waals surface area contributed by atoms with Gasteiger partial charge in [0, 0.05) is 18.0 Å². The molecule has 5 rings (SSSR count). The van der Waals surface area contributed by atoms with Gasteiger partial charge < -0.3 is 15.4 Å². The molecule has 2 aromatic heterocycles. The number of aryl methyl sites for hydroxylation is 2. The third-order valence-electron chi connectivity index (χ3n) is 5.94. The van der Waals surface area contributed by atoms with Crippen molar-refractivity contribution in [3.63, 3.8) is 0 Å². The first-order chi connectivity index (χ1) is 14.5. The molecule has 1 fully saturated rings. The van der Waals surface area contributed by atoms with E-state index in [0.717, 1.165) is 54.7 Å². The van der Waals surface area contributed by atoms with Gasteiger partial charge >= 0.3 is 5.97 Å². The lowest BCUT2D eigenvalue weighted by Gasteiger charge is -2.17. The van der Waals surface area contributed by atoms with Gasteiger partial charge in [-0.2, -0.15) is 5.10 Å². The number of carboxylic acids is 1. The SMILES string of the molecule is Cn1nc([C@H]2CCCN2)c2c3c(c(=O)[nH]c21)CCCC3.O=C(O)Cc1ccccc1. The molecule has 0 spiro atoms. The maximum absolute atomic E-state index is 12.2. The molecule has 2 aliphatic rings. The summed E-state index contributed by atoms with van der Waals surface area (Å²) in [6.45, 7) is 1.06. The van der Waals surface area contributed by atoms with Gasteiger partial charge in [0.1, 0.15) is 5.65 Å². The Kier molecular flexibility index (Phi) is 5.99. The zero-order valence-electron chi connectivity index (χ0n) is 17.3. The number of pyridine rings is 1. The van der Waals surface area contributed by atoms with Crippen molar-refractivity contribution in [3.05, 3.63) is 63.1 Å². The molecule has 3 N–H and O–H groups in total. The van der Waals surface area contributed by atoms with Crippen LogP contribution in [0.25, 0.3) is 11.0 Å². The van der Waals surface area contributed by atoms with E-state index in [-0.39, 0.29) is 12.0 Å². The fraction of sp³-hybridized carbons (Fsp3) is 0.435. The fourth-order valence-corrected chi connectivity index (χ4v) is 4.53. The highest BCUT2D eigenvalue weighted by Gasteiger charge is 2.27. The van der Waals surface area contributed by atoms with E-state index in [2.05, 4.69) is 10.3 Å². The number of H-pyrrole nitrogens is 1. The van der Waals surface area contributed by atoms with Crippen LogP contribution in [0.15, 0.2) is 35.1 Å². The Morgan fingerprint density at radius 3 is 2.57 bits per heavy atom. The van der Waals surface area contributed by atoms with Gasteiger partial charge in [0.15, 0.2) is 0 Å². The Labute approximate surface area is 175 Å². The number of aromatic nitrogens is 3. The zero-order chi connectivity index (χ0) is 21.1. The van der Waals surface area contributed by atoms with Gasteiger partial charge in [-0.25, -0.2) is 0 Å². The van der Waals surface area contributed by atoms with Crippen molar-refractivity contribution in [2.75, 3.05) is 6.54 Å². The van der Waals surface area contributed by atoms with Gasteiger partial charge in [-0.3, -0.25) is 14.3 Å². The van der Waals surface area contributed by atoms with Crippen LogP contribution in [0, 0.1) is 0 Å². The fourth-order valence-electron chi connectivity index (χ4n) is 4.53. The highest BCUT2D eigenvalue weighted by molar-refractivity contribution is 5.84. The van der Waals surface area contributed by atoms with Crippen LogP contribution in [-0.2, 0) is 31.1 Å². The van der Waals surface area contributed by atoms with Crippen LogP contribution < -0.4 is 10.9 Å². The molecule has 7 heteroatoms. The van der Waals surface area contributed by atoms with Crippen LogP contribution in [-0.4, -0.2) is 32.4 Å². The average molecular weight is 409 g/mol. The minimum absolute atomic E-state index is 0.0844. The van der Waals surface area contributed by atoms with E-state index in [9.17, 15) is 9.59 Å². The maximum atomic E-state index is 12.2. The molecule has 0 unspecified atom stereocenters. The largest absolute Gasteiger partial charge is 0.481 e. The van der Waals surface area contributed by atoms with E-state index in [0.29, 0.717) is 6.04 Å². The molecule has 0 radical (unpaired) electrons. The van der Waals surface area contributed by atoms with E-state index < -0.39 is 5.97 Å². The Bertz CT molecular complexity index is 1100. The second kappa shape index (κ2) is 8.83. The number of aliphatic carboxylic acids is 1. The molecular weight excluding hydrogens is 380 g/mol. The number of carboxylic acid groups (broad SMARTS) is 1. The van der Waals surface area contributed by atoms with Crippen molar-refractivity contribution >= 4 is 17.0 Å². The summed E-state index contributed by atoms with van der Waals surface area (Å²) in [5, 5.41) is 17.8. The summed E-state index contributed by atoms with van der Waals surface area (Å²) in [6.07, 6.45) is 6.68. The van der Waals surface area contributed by atoms with Crippen LogP contribution in [0.5, 0.6) is 0 Å². The average Bonchev–Trinajstić information content (AvgIpc) is 3.38. The predicted molar refractivity (Wildman–Crippen MR) is 116 cm³/mol. The van der Waals surface area contributed by atoms with E-state index in [1.807, 2.05) is 29.9 Å². The van der Waals surface area contributed by atoms with Crippen LogP contribution in [0.1, 0.15) is 54.1 Å². The minimum atomic E-state index is -0.786. The van der Waals surface area contributed by atoms with Gasteiger partial charge in [0.05, 0.1) is 18.2 Å². The maximum Gasteiger partial charge on any atom is 0.307 e. The van der Waals surface area contributed by atoms with Gasteiger partial charge in [-0.1, -0.05) is 30.3 Å². The van der Waals surface area contributed by atoms with Crippen molar-refractivity contribution in [2.24, 2.45) is 7.05 Å². The van der Waals surface area contributed by atoms with Gasteiger partial charge in [-0.15, -0.1) is 0 Å². The molecule has 1 aliphatic heterocycles. The lowest BCUT2D eigenvalue weighted by Crippen LogP contribution is -2.20. The summed E-state index contributed by atoms with van der Waals surface area (Å²) in [4.78, 5) is 25.5. The number of benzene rings is 1. The lowest BCUT2D eigenvalue weighted by atomic mass is 9.89. The number of aromatic amines is 1. The topological polar surface area (TPSA) is 100 Å². The van der Waals surface area contributed by atoms with Gasteiger partial charge in [-0.05, 0) is 56.2 Å². The first-order valence-electron chi connectivity index (χ1n) is 10.6. The number of hydrogen-bond acceptors (Lipinski definition) is 4. The Morgan fingerprint density at radius 2 is 1.90 bits per heavy atom. The number of carbonyl (C=O) groups is 1. The summed E-state index contributed by atoms with van der Waals surface area (Å²) in [6, 6.07) is 9.47. The summed E-state index contributed by atoms with van der Waals surface area (Å²) in [7, 11) is 1.92. The molecule has 3 aromatic rings. The molecule has 0 bridgehead atoms. The predicted octanol–water partition coefficient (Wildman–Crippen LogP) is 2.88. The van der Waals surface area contributed by atoms with Crippen LogP contribution in [0.4, 0.5) is 0 Å². The third kappa shape index (κ3) is 4.16. The Morgan fingerprint density at radius 1 is 1.17 bits per heavy atom. The number of hydrogen-bond donors (Lipinski definition) is 3. The van der Waals surface area contributed by atoms with E-state index >= 15 is 0 Å². The molecular formula is C23H28N4O3. The van der Waals surface area contributed by atoms with Crippen molar-refractivity contribution in [1.82, 2.24) is 20.1 Å². The normalized spacial score (nSPS) is 18.0. The van der Waals surface area contributed by atoms with Gasteiger partial charge in [0.25, 0.3) is 5.56 Å². The molecule has 1 aromatic carbocycles. The molecule has 0 amide bonds. The molecule has 1 atom stereocenters. The van der Waals surface area contributed by atoms with Crippen molar-refractivity contribution in [2.45, 2.75) is 51.0 Å². The Balaban J connectivity index is 0.000000185. The first kappa shape index (κ1) is 20.3. The highest BCUT2D eigenvalue weighted by atomic mass is 16.4. The summed E-state index contributed by atoms with van der Waals surface area (Å²) >= 11 is 0. The number of rotatable bonds is 3. The van der Waals surface area contributed by atoms with E-state index in [1.54, 1.807) is 12.1 Å². The monoisotopic (exact) mass is 408 g/mol. The number of nitrogens with zero attached hydrogens (tertiary/aromatic N) is 2. The van der Waals surface area contributed by atoms with Gasteiger partial charge in [0.2, 0.25) is 0 Å². The van der Waals surface area contributed by atoms with E-state index in [1.165, 1.54) is 23.8 Å². The Hall–Kier alpha value is -2.93. The molecule has 158 valence electrons. The third-order valence-corrected chi connectivity index (χ3v) is 5.94. The van der Waals surface area contributed by atoms with Crippen LogP contribution in [0.3, 0.4) is 0 Å². The van der Waals surface area contributed by atoms with Crippen molar-refractivity contribution in [1.29, 1.82) is 0 Å². The second-order valence-corrected chi connectivity index (χ2v) is 8.06. The molecule has 1 saturated heterocycles. The highest BCUT2D eigenvalue weighted by Crippen LogP contribution is 2.33. The quantitative estimate of drug-likeness (QED) is 0.619. The van der Waals surface area contributed by atoms with Crippen molar-refractivity contribution < 1.29 is 9.90 Å². The first-order valence-corrected chi connectivity index (χ1v) is 10.6. The van der Waals surface area contributed by atoms with E-state index in [4.69, 9.17) is 10.2 Å². The second-order valence-electron chi connectivity index (χ2n) is 8.06. The molecule has 30 heavy (non-hydrogen) atoms. The molecule has 0 saturated carbocycles. The van der Waals surface area contributed by atoms with Crippen LogP contribution in [0.2, 0.25) is 0 Å². The number of nitrogens with one attached hydrogen (secondary N) is 2.